The minimum absolute atomic E-state index is 0.0116. The number of halogens is 1. The van der Waals surface area contributed by atoms with Gasteiger partial charge in [0.1, 0.15) is 0 Å². The molecule has 1 unspecified atom stereocenters. The van der Waals surface area contributed by atoms with E-state index in [4.69, 9.17) is 5.14 Å². The average molecular weight is 361 g/mol. The summed E-state index contributed by atoms with van der Waals surface area (Å²) in [5.41, 5.74) is 0.861. The molecule has 2 rings (SSSR count). The third-order valence-corrected chi connectivity index (χ3v) is 5.42. The van der Waals surface area contributed by atoms with Crippen molar-refractivity contribution in [2.24, 2.45) is 11.1 Å². The normalized spacial score (nSPS) is 19.4. The van der Waals surface area contributed by atoms with Crippen molar-refractivity contribution in [1.29, 1.82) is 0 Å². The smallest absolute Gasteiger partial charge is 0.253 e. The molecule has 0 bridgehead atoms. The Balaban J connectivity index is 2.43. The van der Waals surface area contributed by atoms with E-state index >= 15 is 0 Å². The number of nitrogens with two attached hydrogens (primary N) is 1. The van der Waals surface area contributed by atoms with E-state index in [0.29, 0.717) is 34.6 Å². The van der Waals surface area contributed by atoms with Crippen LogP contribution in [0.2, 0.25) is 0 Å². The van der Waals surface area contributed by atoms with Crippen molar-refractivity contribution in [2.45, 2.75) is 25.2 Å². The number of benzene rings is 1. The van der Waals surface area contributed by atoms with E-state index in [1.165, 1.54) is 6.07 Å². The van der Waals surface area contributed by atoms with Crippen LogP contribution in [0, 0.1) is 12.8 Å². The minimum Gasteiger partial charge on any atom is -0.338 e. The zero-order valence-electron chi connectivity index (χ0n) is 11.4. The molecule has 1 fully saturated rings. The van der Waals surface area contributed by atoms with E-state index in [1.54, 1.807) is 17.9 Å². The molecule has 1 saturated heterocycles. The first-order valence-electron chi connectivity index (χ1n) is 6.32. The second-order valence-corrected chi connectivity index (χ2v) is 7.66. The van der Waals surface area contributed by atoms with E-state index in [-0.39, 0.29) is 10.8 Å². The summed E-state index contributed by atoms with van der Waals surface area (Å²) in [5.74, 6) is 0.325. The van der Waals surface area contributed by atoms with Crippen molar-refractivity contribution < 1.29 is 13.2 Å². The van der Waals surface area contributed by atoms with Gasteiger partial charge < -0.3 is 4.90 Å². The summed E-state index contributed by atoms with van der Waals surface area (Å²) in [6, 6.07) is 3.01. The molecule has 0 saturated carbocycles. The second-order valence-electron chi connectivity index (χ2n) is 5.27. The molecule has 110 valence electrons. The summed E-state index contributed by atoms with van der Waals surface area (Å²) in [5, 5.41) is 5.20. The lowest BCUT2D eigenvalue weighted by atomic mass is 10.1. The van der Waals surface area contributed by atoms with E-state index in [9.17, 15) is 13.2 Å². The third kappa shape index (κ3) is 3.05. The highest BCUT2D eigenvalue weighted by Gasteiger charge is 2.26. The van der Waals surface area contributed by atoms with E-state index in [1.807, 2.05) is 0 Å². The fraction of sp³-hybridized carbons (Fsp3) is 0.462. The summed E-state index contributed by atoms with van der Waals surface area (Å²) in [7, 11) is -3.85. The molecule has 5 nitrogen and oxygen atoms in total. The van der Waals surface area contributed by atoms with Gasteiger partial charge in [-0.25, -0.2) is 13.6 Å². The molecule has 0 radical (unpaired) electrons. The van der Waals surface area contributed by atoms with Gasteiger partial charge >= 0.3 is 0 Å². The van der Waals surface area contributed by atoms with Crippen LogP contribution in [-0.2, 0) is 10.0 Å². The summed E-state index contributed by atoms with van der Waals surface area (Å²) in [4.78, 5) is 14.1. The van der Waals surface area contributed by atoms with Crippen LogP contribution in [0.25, 0.3) is 0 Å². The van der Waals surface area contributed by atoms with Gasteiger partial charge in [0.15, 0.2) is 0 Å². The predicted molar refractivity (Wildman–Crippen MR) is 79.9 cm³/mol. The van der Waals surface area contributed by atoms with Crippen molar-refractivity contribution in [3.8, 4) is 0 Å². The van der Waals surface area contributed by atoms with Crippen molar-refractivity contribution in [3.05, 3.63) is 27.7 Å². The number of primary sulfonamides is 1. The molecular weight excluding hydrogens is 344 g/mol. The Morgan fingerprint density at radius 1 is 1.45 bits per heavy atom. The van der Waals surface area contributed by atoms with E-state index in [2.05, 4.69) is 22.9 Å². The Morgan fingerprint density at radius 2 is 2.10 bits per heavy atom. The highest BCUT2D eigenvalue weighted by molar-refractivity contribution is 9.10. The number of likely N-dealkylation sites (tertiary alicyclic amines) is 1. The standard InChI is InChI=1S/C13H17BrN2O3S/c1-8-3-4-16(7-8)13(17)10-5-11(14)9(2)12(6-10)20(15,18)19/h5-6,8H,3-4,7H2,1-2H3,(H2,15,18,19). The average Bonchev–Trinajstić information content (AvgIpc) is 2.76. The van der Waals surface area contributed by atoms with Gasteiger partial charge in [-0.15, -0.1) is 0 Å². The molecule has 1 amide bonds. The highest BCUT2D eigenvalue weighted by atomic mass is 79.9. The van der Waals surface area contributed by atoms with Gasteiger partial charge in [0, 0.05) is 23.1 Å². The van der Waals surface area contributed by atoms with Crippen molar-refractivity contribution in [3.63, 3.8) is 0 Å². The Labute approximate surface area is 127 Å². The molecule has 1 aromatic carbocycles. The van der Waals surface area contributed by atoms with Crippen LogP contribution >= 0.6 is 15.9 Å². The molecular formula is C13H17BrN2O3S. The molecule has 1 aliphatic rings. The molecule has 20 heavy (non-hydrogen) atoms. The van der Waals surface area contributed by atoms with Crippen molar-refractivity contribution in [2.75, 3.05) is 13.1 Å². The summed E-state index contributed by atoms with van der Waals surface area (Å²) < 4.78 is 23.7. The van der Waals surface area contributed by atoms with Crippen LogP contribution in [0.4, 0.5) is 0 Å². The number of carbonyl (C=O) groups excluding carboxylic acids is 1. The Morgan fingerprint density at radius 3 is 2.60 bits per heavy atom. The van der Waals surface area contributed by atoms with Crippen LogP contribution in [0.3, 0.4) is 0 Å². The monoisotopic (exact) mass is 360 g/mol. The Hall–Kier alpha value is -0.920. The SMILES string of the molecule is Cc1c(Br)cc(C(=O)N2CCC(C)C2)cc1S(N)(=O)=O. The van der Waals surface area contributed by atoms with Gasteiger partial charge in [-0.3, -0.25) is 4.79 Å². The first kappa shape index (κ1) is 15.5. The van der Waals surface area contributed by atoms with Crippen LogP contribution in [0.5, 0.6) is 0 Å². The quantitative estimate of drug-likeness (QED) is 0.874. The molecule has 1 heterocycles. The van der Waals surface area contributed by atoms with E-state index in [0.717, 1.165) is 6.42 Å². The predicted octanol–water partition coefficient (Wildman–Crippen LogP) is 1.89. The molecule has 2 N–H and O–H groups in total. The minimum atomic E-state index is -3.85. The zero-order valence-corrected chi connectivity index (χ0v) is 13.8. The fourth-order valence-corrected chi connectivity index (χ4v) is 3.79. The first-order valence-corrected chi connectivity index (χ1v) is 8.66. The molecule has 0 aliphatic carbocycles. The number of hydrogen-bond acceptors (Lipinski definition) is 3. The number of amides is 1. The fourth-order valence-electron chi connectivity index (χ4n) is 2.37. The maximum atomic E-state index is 12.4. The van der Waals surface area contributed by atoms with Crippen LogP contribution < -0.4 is 5.14 Å². The number of nitrogens with zero attached hydrogens (tertiary/aromatic N) is 1. The van der Waals surface area contributed by atoms with Crippen molar-refractivity contribution >= 4 is 31.9 Å². The summed E-state index contributed by atoms with van der Waals surface area (Å²) in [6.07, 6.45) is 0.973. The largest absolute Gasteiger partial charge is 0.338 e. The van der Waals surface area contributed by atoms with Crippen LogP contribution in [0.15, 0.2) is 21.5 Å². The maximum Gasteiger partial charge on any atom is 0.253 e. The molecule has 7 heteroatoms. The van der Waals surface area contributed by atoms with Crippen LogP contribution in [0.1, 0.15) is 29.3 Å². The summed E-state index contributed by atoms with van der Waals surface area (Å²) >= 11 is 3.29. The number of carbonyl (C=O) groups is 1. The molecule has 1 atom stereocenters. The van der Waals surface area contributed by atoms with Gasteiger partial charge in [0.05, 0.1) is 4.90 Å². The lowest BCUT2D eigenvalue weighted by Crippen LogP contribution is -2.29. The van der Waals surface area contributed by atoms with E-state index < -0.39 is 10.0 Å². The van der Waals surface area contributed by atoms with Gasteiger partial charge in [-0.05, 0) is 37.0 Å². The molecule has 1 aromatic rings. The number of sulfonamides is 1. The summed E-state index contributed by atoms with van der Waals surface area (Å²) in [6.45, 7) is 5.15. The van der Waals surface area contributed by atoms with Gasteiger partial charge in [0.2, 0.25) is 10.0 Å². The van der Waals surface area contributed by atoms with Gasteiger partial charge in [0.25, 0.3) is 5.91 Å². The Bertz CT molecular complexity index is 658. The second kappa shape index (κ2) is 5.46. The number of rotatable bonds is 2. The van der Waals surface area contributed by atoms with Gasteiger partial charge in [-0.2, -0.15) is 0 Å². The maximum absolute atomic E-state index is 12.4. The molecule has 1 aliphatic heterocycles. The third-order valence-electron chi connectivity index (χ3n) is 3.56. The van der Waals surface area contributed by atoms with Gasteiger partial charge in [-0.1, -0.05) is 22.9 Å². The highest BCUT2D eigenvalue weighted by Crippen LogP contribution is 2.27. The molecule has 0 aromatic heterocycles. The van der Waals surface area contributed by atoms with Crippen molar-refractivity contribution in [1.82, 2.24) is 4.90 Å². The lowest BCUT2D eigenvalue weighted by Gasteiger charge is -2.17. The van der Waals surface area contributed by atoms with Crippen LogP contribution in [-0.4, -0.2) is 32.3 Å². The number of hydrogen-bond donors (Lipinski definition) is 1. The zero-order chi connectivity index (χ0) is 15.1. The topological polar surface area (TPSA) is 80.5 Å². The Kier molecular flexibility index (Phi) is 4.22. The molecule has 0 spiro atoms. The lowest BCUT2D eigenvalue weighted by molar-refractivity contribution is 0.0788. The first-order chi connectivity index (χ1) is 9.20.